The molecule has 0 saturated heterocycles. The second-order valence-electron chi connectivity index (χ2n) is 6.05. The molecule has 1 saturated carbocycles. The number of benzene rings is 1. The average Bonchev–Trinajstić information content (AvgIpc) is 3.44. The fourth-order valence-electron chi connectivity index (χ4n) is 2.41. The number of nitriles is 1. The van der Waals surface area contributed by atoms with E-state index >= 15 is 0 Å². The van der Waals surface area contributed by atoms with E-state index in [0.29, 0.717) is 34.4 Å². The predicted octanol–water partition coefficient (Wildman–Crippen LogP) is 3.88. The summed E-state index contributed by atoms with van der Waals surface area (Å²) in [5.74, 6) is 0.346. The molecule has 0 radical (unpaired) electrons. The van der Waals surface area contributed by atoms with Crippen LogP contribution in [-0.4, -0.2) is 16.7 Å². The van der Waals surface area contributed by atoms with Crippen LogP contribution >= 0.6 is 15.9 Å². The molecule has 1 aliphatic carbocycles. The number of nitrogens with zero attached hydrogens (tertiary/aromatic N) is 2. The first-order valence-electron chi connectivity index (χ1n) is 8.06. The van der Waals surface area contributed by atoms with Crippen LogP contribution in [0, 0.1) is 17.2 Å². The van der Waals surface area contributed by atoms with Crippen molar-refractivity contribution in [3.05, 3.63) is 57.7 Å². The lowest BCUT2D eigenvalue weighted by Crippen LogP contribution is -2.15. The second kappa shape index (κ2) is 7.58. The van der Waals surface area contributed by atoms with Gasteiger partial charge in [-0.1, -0.05) is 28.1 Å². The van der Waals surface area contributed by atoms with Gasteiger partial charge in [0, 0.05) is 16.8 Å². The summed E-state index contributed by atoms with van der Waals surface area (Å²) in [7, 11) is 0. The van der Waals surface area contributed by atoms with Crippen LogP contribution in [0.15, 0.2) is 40.9 Å². The Morgan fingerprint density at radius 3 is 2.60 bits per heavy atom. The Labute approximate surface area is 154 Å². The van der Waals surface area contributed by atoms with Crippen molar-refractivity contribution in [2.24, 2.45) is 5.92 Å². The highest BCUT2D eigenvalue weighted by Gasteiger charge is 2.30. The van der Waals surface area contributed by atoms with Crippen molar-refractivity contribution in [3.8, 4) is 6.07 Å². The van der Waals surface area contributed by atoms with E-state index in [1.807, 2.05) is 12.1 Å². The lowest BCUT2D eigenvalue weighted by atomic mass is 10.0. The molecule has 5 nitrogen and oxygen atoms in total. The third-order valence-electron chi connectivity index (χ3n) is 4.00. The van der Waals surface area contributed by atoms with Crippen molar-refractivity contribution in [2.45, 2.75) is 25.7 Å². The highest BCUT2D eigenvalue weighted by Crippen LogP contribution is 2.30. The van der Waals surface area contributed by atoms with Gasteiger partial charge in [0.25, 0.3) is 0 Å². The lowest BCUT2D eigenvalue weighted by Gasteiger charge is -2.07. The van der Waals surface area contributed by atoms with Gasteiger partial charge in [-0.2, -0.15) is 5.26 Å². The van der Waals surface area contributed by atoms with Crippen molar-refractivity contribution in [1.82, 2.24) is 4.98 Å². The largest absolute Gasteiger partial charge is 0.310 e. The third-order valence-corrected chi connectivity index (χ3v) is 4.46. The number of hydrogen-bond donors (Lipinski definition) is 1. The van der Waals surface area contributed by atoms with Gasteiger partial charge in [-0.15, -0.1) is 0 Å². The number of halogens is 1. The van der Waals surface area contributed by atoms with Gasteiger partial charge >= 0.3 is 0 Å². The van der Waals surface area contributed by atoms with Crippen LogP contribution in [0.5, 0.6) is 0 Å². The monoisotopic (exact) mass is 397 g/mol. The van der Waals surface area contributed by atoms with Crippen LogP contribution in [0.1, 0.15) is 40.9 Å². The highest BCUT2D eigenvalue weighted by atomic mass is 79.9. The normalized spacial score (nSPS) is 13.1. The molecule has 0 aliphatic heterocycles. The Morgan fingerprint density at radius 2 is 1.96 bits per heavy atom. The number of ketones is 1. The molecule has 1 aliphatic rings. The molecule has 1 fully saturated rings. The zero-order chi connectivity index (χ0) is 17.8. The Hall–Kier alpha value is -2.52. The minimum Gasteiger partial charge on any atom is -0.310 e. The number of Topliss-reactive ketones (excluding diaryl/α,β-unsaturated/α-hetero) is 1. The Bertz CT molecular complexity index is 852. The van der Waals surface area contributed by atoms with E-state index in [9.17, 15) is 9.59 Å². The van der Waals surface area contributed by atoms with E-state index in [1.165, 1.54) is 0 Å². The maximum atomic E-state index is 12.4. The molecule has 1 aromatic heterocycles. The number of aryl methyl sites for hydroxylation is 1. The number of hydrogen-bond acceptors (Lipinski definition) is 4. The molecule has 1 heterocycles. The molecule has 2 aromatic rings. The number of aromatic nitrogens is 1. The molecule has 1 amide bonds. The summed E-state index contributed by atoms with van der Waals surface area (Å²) in [6, 6.07) is 12.6. The molecule has 0 atom stereocenters. The van der Waals surface area contributed by atoms with E-state index in [2.05, 4.69) is 32.3 Å². The van der Waals surface area contributed by atoms with Crippen molar-refractivity contribution >= 4 is 33.4 Å². The number of nitrogens with one attached hydrogen (secondary N) is 1. The number of anilines is 1. The minimum atomic E-state index is -0.0902. The summed E-state index contributed by atoms with van der Waals surface area (Å²) in [4.78, 5) is 28.6. The topological polar surface area (TPSA) is 82.9 Å². The molecule has 0 spiro atoms. The molecule has 0 bridgehead atoms. The highest BCUT2D eigenvalue weighted by molar-refractivity contribution is 9.10. The molecule has 6 heteroatoms. The van der Waals surface area contributed by atoms with E-state index in [-0.39, 0.29) is 17.6 Å². The lowest BCUT2D eigenvalue weighted by molar-refractivity contribution is -0.117. The van der Waals surface area contributed by atoms with E-state index < -0.39 is 0 Å². The molecule has 1 aromatic carbocycles. The first-order valence-corrected chi connectivity index (χ1v) is 8.85. The van der Waals surface area contributed by atoms with E-state index in [1.54, 1.807) is 24.3 Å². The van der Waals surface area contributed by atoms with Crippen LogP contribution in [0.2, 0.25) is 0 Å². The number of pyridine rings is 1. The second-order valence-corrected chi connectivity index (χ2v) is 6.97. The summed E-state index contributed by atoms with van der Waals surface area (Å²) in [5, 5.41) is 11.6. The smallest absolute Gasteiger partial charge is 0.228 e. The van der Waals surface area contributed by atoms with Crippen molar-refractivity contribution < 1.29 is 9.59 Å². The minimum absolute atomic E-state index is 0.0402. The van der Waals surface area contributed by atoms with Crippen molar-refractivity contribution in [2.75, 3.05) is 5.32 Å². The van der Waals surface area contributed by atoms with Gasteiger partial charge in [0.15, 0.2) is 5.78 Å². The quantitative estimate of drug-likeness (QED) is 0.749. The SMILES string of the molecule is N#Cc1ccc(CCC(=O)c2cc(Br)cc(NC(=O)C3CC3)n2)cc1. The van der Waals surface area contributed by atoms with Crippen LogP contribution < -0.4 is 5.32 Å². The summed E-state index contributed by atoms with van der Waals surface area (Å²) < 4.78 is 0.704. The van der Waals surface area contributed by atoms with Crippen LogP contribution in [0.25, 0.3) is 0 Å². The molecular formula is C19H16BrN3O2. The number of rotatable bonds is 6. The zero-order valence-electron chi connectivity index (χ0n) is 13.5. The van der Waals surface area contributed by atoms with Gasteiger partial charge in [-0.25, -0.2) is 4.98 Å². The molecule has 25 heavy (non-hydrogen) atoms. The van der Waals surface area contributed by atoms with Gasteiger partial charge in [0.1, 0.15) is 11.5 Å². The molecule has 0 unspecified atom stereocenters. The standard InChI is InChI=1S/C19H16BrN3O2/c20-15-9-16(22-18(10-15)23-19(25)14-6-7-14)17(24)8-5-12-1-3-13(11-21)4-2-12/h1-4,9-10,14H,5-8H2,(H,22,23,25). The van der Waals surface area contributed by atoms with Crippen LogP contribution in [0.3, 0.4) is 0 Å². The molecular weight excluding hydrogens is 382 g/mol. The van der Waals surface area contributed by atoms with E-state index in [4.69, 9.17) is 5.26 Å². The summed E-state index contributed by atoms with van der Waals surface area (Å²) in [6.07, 6.45) is 2.71. The van der Waals surface area contributed by atoms with E-state index in [0.717, 1.165) is 18.4 Å². The summed E-state index contributed by atoms with van der Waals surface area (Å²) in [6.45, 7) is 0. The number of carbonyl (C=O) groups is 2. The maximum absolute atomic E-state index is 12.4. The van der Waals surface area contributed by atoms with Gasteiger partial charge < -0.3 is 5.32 Å². The number of amides is 1. The molecule has 1 N–H and O–H groups in total. The Balaban J connectivity index is 1.65. The first-order chi connectivity index (χ1) is 12.0. The maximum Gasteiger partial charge on any atom is 0.228 e. The predicted molar refractivity (Wildman–Crippen MR) is 97.1 cm³/mol. The van der Waals surface area contributed by atoms with Crippen molar-refractivity contribution in [3.63, 3.8) is 0 Å². The fraction of sp³-hybridized carbons (Fsp3) is 0.263. The van der Waals surface area contributed by atoms with Crippen LogP contribution in [-0.2, 0) is 11.2 Å². The molecule has 3 rings (SSSR count). The van der Waals surface area contributed by atoms with Gasteiger partial charge in [0.05, 0.1) is 11.6 Å². The van der Waals surface area contributed by atoms with Gasteiger partial charge in [-0.3, -0.25) is 9.59 Å². The number of carbonyl (C=O) groups excluding carboxylic acids is 2. The average molecular weight is 398 g/mol. The van der Waals surface area contributed by atoms with Crippen LogP contribution in [0.4, 0.5) is 5.82 Å². The van der Waals surface area contributed by atoms with Crippen molar-refractivity contribution in [1.29, 1.82) is 5.26 Å². The molecule has 126 valence electrons. The fourth-order valence-corrected chi connectivity index (χ4v) is 2.84. The first kappa shape index (κ1) is 17.3. The zero-order valence-corrected chi connectivity index (χ0v) is 15.0. The van der Waals surface area contributed by atoms with Gasteiger partial charge in [-0.05, 0) is 49.1 Å². The Morgan fingerprint density at radius 1 is 1.24 bits per heavy atom. The summed E-state index contributed by atoms with van der Waals surface area (Å²) >= 11 is 3.36. The Kier molecular flexibility index (Phi) is 5.25. The summed E-state index contributed by atoms with van der Waals surface area (Å²) in [5.41, 5.74) is 1.92. The van der Waals surface area contributed by atoms with Gasteiger partial charge in [0.2, 0.25) is 5.91 Å². The third kappa shape index (κ3) is 4.74.